The van der Waals surface area contributed by atoms with E-state index in [0.717, 1.165) is 25.7 Å². The molecule has 0 saturated heterocycles. The van der Waals surface area contributed by atoms with Crippen LogP contribution >= 0.6 is 0 Å². The summed E-state index contributed by atoms with van der Waals surface area (Å²) in [6, 6.07) is 0. The van der Waals surface area contributed by atoms with Gasteiger partial charge in [-0.15, -0.1) is 0 Å². The molecule has 1 aliphatic carbocycles. The third-order valence-corrected chi connectivity index (χ3v) is 2.33. The molecule has 10 heavy (non-hydrogen) atoms. The van der Waals surface area contributed by atoms with Crippen molar-refractivity contribution >= 4 is 0 Å². The maximum Gasteiger partial charge on any atom is 0.241 e. The SMILES string of the molecule is CC1CCCC(C(F)F)C1. The molecule has 0 aliphatic heterocycles. The van der Waals surface area contributed by atoms with E-state index >= 15 is 0 Å². The highest BCUT2D eigenvalue weighted by Crippen LogP contribution is 2.32. The minimum Gasteiger partial charge on any atom is -0.210 e. The minimum atomic E-state index is -2.08. The molecule has 0 spiro atoms. The van der Waals surface area contributed by atoms with Gasteiger partial charge in [-0.2, -0.15) is 0 Å². The molecule has 0 bridgehead atoms. The van der Waals surface area contributed by atoms with Gasteiger partial charge in [0.05, 0.1) is 0 Å². The van der Waals surface area contributed by atoms with E-state index in [0.29, 0.717) is 5.92 Å². The van der Waals surface area contributed by atoms with Gasteiger partial charge in [-0.1, -0.05) is 19.8 Å². The summed E-state index contributed by atoms with van der Waals surface area (Å²) >= 11 is 0. The first-order valence-corrected chi connectivity index (χ1v) is 3.98. The van der Waals surface area contributed by atoms with E-state index in [1.165, 1.54) is 0 Å². The van der Waals surface area contributed by atoms with Crippen LogP contribution in [0.2, 0.25) is 0 Å². The molecule has 2 heteroatoms. The maximum atomic E-state index is 12.1. The average molecular weight is 148 g/mol. The van der Waals surface area contributed by atoms with E-state index in [1.54, 1.807) is 0 Å². The normalized spacial score (nSPS) is 34.8. The smallest absolute Gasteiger partial charge is 0.210 e. The first-order valence-electron chi connectivity index (χ1n) is 3.98. The third kappa shape index (κ3) is 1.93. The average Bonchev–Trinajstić information content (AvgIpc) is 1.88. The van der Waals surface area contributed by atoms with Crippen LogP contribution in [0.1, 0.15) is 32.6 Å². The molecule has 2 unspecified atom stereocenters. The molecule has 0 aromatic rings. The molecule has 0 heterocycles. The van der Waals surface area contributed by atoms with E-state index in [-0.39, 0.29) is 5.92 Å². The van der Waals surface area contributed by atoms with Gasteiger partial charge in [0.25, 0.3) is 0 Å². The van der Waals surface area contributed by atoms with Crippen LogP contribution in [-0.2, 0) is 0 Å². The monoisotopic (exact) mass is 148 g/mol. The number of alkyl halides is 2. The van der Waals surface area contributed by atoms with Crippen molar-refractivity contribution in [3.63, 3.8) is 0 Å². The molecule has 0 amide bonds. The molecule has 1 aliphatic rings. The highest BCUT2D eigenvalue weighted by atomic mass is 19.3. The molecule has 0 radical (unpaired) electrons. The van der Waals surface area contributed by atoms with E-state index in [1.807, 2.05) is 0 Å². The van der Waals surface area contributed by atoms with Gasteiger partial charge >= 0.3 is 0 Å². The van der Waals surface area contributed by atoms with Crippen LogP contribution in [0.15, 0.2) is 0 Å². The number of rotatable bonds is 1. The lowest BCUT2D eigenvalue weighted by atomic mass is 9.83. The molecule has 60 valence electrons. The van der Waals surface area contributed by atoms with Crippen LogP contribution in [-0.4, -0.2) is 6.43 Å². The second-order valence-corrected chi connectivity index (χ2v) is 3.37. The first kappa shape index (κ1) is 7.96. The van der Waals surface area contributed by atoms with Crippen LogP contribution in [0.3, 0.4) is 0 Å². The minimum absolute atomic E-state index is 0.302. The Morgan fingerprint density at radius 1 is 1.30 bits per heavy atom. The number of hydrogen-bond acceptors (Lipinski definition) is 0. The largest absolute Gasteiger partial charge is 0.241 e. The summed E-state index contributed by atoms with van der Waals surface area (Å²) in [5, 5.41) is 0. The predicted octanol–water partition coefficient (Wildman–Crippen LogP) is 3.08. The highest BCUT2D eigenvalue weighted by molar-refractivity contribution is 4.71. The van der Waals surface area contributed by atoms with Gasteiger partial charge in [0.1, 0.15) is 0 Å². The third-order valence-electron chi connectivity index (χ3n) is 2.33. The molecule has 0 aromatic heterocycles. The van der Waals surface area contributed by atoms with Crippen molar-refractivity contribution in [2.75, 3.05) is 0 Å². The summed E-state index contributed by atoms with van der Waals surface area (Å²) in [5.74, 6) is 0.219. The summed E-state index contributed by atoms with van der Waals surface area (Å²) in [5.41, 5.74) is 0. The van der Waals surface area contributed by atoms with E-state index in [4.69, 9.17) is 0 Å². The van der Waals surface area contributed by atoms with E-state index < -0.39 is 6.43 Å². The Morgan fingerprint density at radius 3 is 2.40 bits per heavy atom. The van der Waals surface area contributed by atoms with Crippen molar-refractivity contribution in [2.45, 2.75) is 39.0 Å². The van der Waals surface area contributed by atoms with Crippen molar-refractivity contribution in [3.8, 4) is 0 Å². The quantitative estimate of drug-likeness (QED) is 0.536. The van der Waals surface area contributed by atoms with E-state index in [2.05, 4.69) is 6.92 Å². The zero-order chi connectivity index (χ0) is 7.56. The predicted molar refractivity (Wildman–Crippen MR) is 37.1 cm³/mol. The van der Waals surface area contributed by atoms with Crippen LogP contribution in [0, 0.1) is 11.8 Å². The number of hydrogen-bond donors (Lipinski definition) is 0. The molecule has 1 saturated carbocycles. The Bertz CT molecular complexity index is 101. The van der Waals surface area contributed by atoms with Crippen molar-refractivity contribution in [1.29, 1.82) is 0 Å². The Balaban J connectivity index is 2.32. The summed E-state index contributed by atoms with van der Waals surface area (Å²) in [4.78, 5) is 0. The van der Waals surface area contributed by atoms with Gasteiger partial charge in [0.15, 0.2) is 0 Å². The molecule has 1 rings (SSSR count). The van der Waals surface area contributed by atoms with Crippen LogP contribution in [0.25, 0.3) is 0 Å². The van der Waals surface area contributed by atoms with Gasteiger partial charge in [0.2, 0.25) is 6.43 Å². The second-order valence-electron chi connectivity index (χ2n) is 3.37. The van der Waals surface area contributed by atoms with Crippen molar-refractivity contribution in [1.82, 2.24) is 0 Å². The molecule has 0 N–H and O–H groups in total. The zero-order valence-electron chi connectivity index (χ0n) is 6.32. The Hall–Kier alpha value is -0.140. The lowest BCUT2D eigenvalue weighted by Crippen LogP contribution is -2.19. The second kappa shape index (κ2) is 3.31. The van der Waals surface area contributed by atoms with Crippen LogP contribution in [0.5, 0.6) is 0 Å². The summed E-state index contributed by atoms with van der Waals surface area (Å²) in [7, 11) is 0. The van der Waals surface area contributed by atoms with Gasteiger partial charge in [-0.25, -0.2) is 8.78 Å². The Morgan fingerprint density at radius 2 is 2.00 bits per heavy atom. The molecule has 1 fully saturated rings. The fraction of sp³-hybridized carbons (Fsp3) is 1.00. The maximum absolute atomic E-state index is 12.1. The van der Waals surface area contributed by atoms with Gasteiger partial charge in [-0.05, 0) is 18.8 Å². The fourth-order valence-electron chi connectivity index (χ4n) is 1.71. The first-order chi connectivity index (χ1) is 4.70. The molecular weight excluding hydrogens is 134 g/mol. The highest BCUT2D eigenvalue weighted by Gasteiger charge is 2.25. The van der Waals surface area contributed by atoms with Crippen LogP contribution < -0.4 is 0 Å². The molecule has 0 nitrogen and oxygen atoms in total. The van der Waals surface area contributed by atoms with Crippen molar-refractivity contribution in [2.24, 2.45) is 11.8 Å². The van der Waals surface area contributed by atoms with Crippen LogP contribution in [0.4, 0.5) is 8.78 Å². The lowest BCUT2D eigenvalue weighted by Gasteiger charge is -2.25. The Labute approximate surface area is 60.6 Å². The topological polar surface area (TPSA) is 0 Å². The summed E-state index contributed by atoms with van der Waals surface area (Å²) in [6.07, 6.45) is 1.53. The van der Waals surface area contributed by atoms with E-state index in [9.17, 15) is 8.78 Å². The van der Waals surface area contributed by atoms with Gasteiger partial charge < -0.3 is 0 Å². The molecule has 0 aromatic carbocycles. The fourth-order valence-corrected chi connectivity index (χ4v) is 1.71. The van der Waals surface area contributed by atoms with Crippen molar-refractivity contribution < 1.29 is 8.78 Å². The zero-order valence-corrected chi connectivity index (χ0v) is 6.32. The molecular formula is C8H14F2. The van der Waals surface area contributed by atoms with Gasteiger partial charge in [-0.3, -0.25) is 0 Å². The Kier molecular flexibility index (Phi) is 2.64. The van der Waals surface area contributed by atoms with Gasteiger partial charge in [0, 0.05) is 5.92 Å². The van der Waals surface area contributed by atoms with Crippen molar-refractivity contribution in [3.05, 3.63) is 0 Å². The number of halogens is 2. The molecule has 2 atom stereocenters. The summed E-state index contributed by atoms with van der Waals surface area (Å²) in [6.45, 7) is 2.06. The lowest BCUT2D eigenvalue weighted by molar-refractivity contribution is 0.0445. The standard InChI is InChI=1S/C8H14F2/c1-6-3-2-4-7(5-6)8(9)10/h6-8H,2-5H2,1H3. The summed E-state index contributed by atoms with van der Waals surface area (Å²) < 4.78 is 24.2.